The largest absolute Gasteiger partial charge is 0.493 e. The standard InChI is InChI=1S/C33H38FN5O4/c1-22(39-36-27-11-7-8-12-28(27)37-39)33(41)38(20-19-23-13-18-29(42-2)30(21-23)43-3)31(24-14-16-25(34)17-15-24)32(40)35-26-9-5-4-6-10-26/h7-8,11-18,21-22,26,31H,4-6,9-10,19-20H2,1-3H3,(H,35,40)/t22-,31-/m0/s1. The van der Waals surface area contributed by atoms with E-state index in [2.05, 4.69) is 15.5 Å². The Morgan fingerprint density at radius 2 is 1.60 bits per heavy atom. The molecule has 0 unspecified atom stereocenters. The maximum atomic E-state index is 14.4. The molecule has 226 valence electrons. The molecular formula is C33H38FN5O4. The average Bonchev–Trinajstić information content (AvgIpc) is 3.48. The van der Waals surface area contributed by atoms with E-state index >= 15 is 0 Å². The van der Waals surface area contributed by atoms with Crippen molar-refractivity contribution in [1.29, 1.82) is 0 Å². The van der Waals surface area contributed by atoms with Crippen molar-refractivity contribution in [1.82, 2.24) is 25.2 Å². The average molecular weight is 588 g/mol. The van der Waals surface area contributed by atoms with Crippen molar-refractivity contribution < 1.29 is 23.5 Å². The molecule has 2 atom stereocenters. The van der Waals surface area contributed by atoms with Gasteiger partial charge in [0.2, 0.25) is 11.8 Å². The lowest BCUT2D eigenvalue weighted by Gasteiger charge is -2.34. The number of amides is 2. The number of halogens is 1. The van der Waals surface area contributed by atoms with Crippen LogP contribution in [0.2, 0.25) is 0 Å². The van der Waals surface area contributed by atoms with Crippen LogP contribution in [0.1, 0.15) is 62.2 Å². The molecule has 1 aliphatic carbocycles. The lowest BCUT2D eigenvalue weighted by Crippen LogP contribution is -2.49. The van der Waals surface area contributed by atoms with E-state index in [1.54, 1.807) is 38.2 Å². The smallest absolute Gasteiger partial charge is 0.249 e. The van der Waals surface area contributed by atoms with Crippen LogP contribution in [-0.4, -0.2) is 58.5 Å². The molecule has 43 heavy (non-hydrogen) atoms. The first kappa shape index (κ1) is 30.0. The number of fused-ring (bicyclic) bond motifs is 1. The van der Waals surface area contributed by atoms with Gasteiger partial charge in [-0.3, -0.25) is 9.59 Å². The van der Waals surface area contributed by atoms with E-state index in [9.17, 15) is 14.0 Å². The first-order valence-electron chi connectivity index (χ1n) is 14.8. The first-order chi connectivity index (χ1) is 20.9. The molecule has 0 saturated heterocycles. The third-order valence-electron chi connectivity index (χ3n) is 8.08. The van der Waals surface area contributed by atoms with Gasteiger partial charge >= 0.3 is 0 Å². The Morgan fingerprint density at radius 3 is 2.23 bits per heavy atom. The number of hydrogen-bond donors (Lipinski definition) is 1. The molecular weight excluding hydrogens is 549 g/mol. The monoisotopic (exact) mass is 587 g/mol. The number of hydrogen-bond acceptors (Lipinski definition) is 6. The number of carbonyl (C=O) groups is 2. The molecule has 5 rings (SSSR count). The molecule has 1 heterocycles. The zero-order valence-electron chi connectivity index (χ0n) is 24.8. The zero-order valence-corrected chi connectivity index (χ0v) is 24.8. The normalized spacial score (nSPS) is 15.1. The van der Waals surface area contributed by atoms with Gasteiger partial charge in [0, 0.05) is 12.6 Å². The molecule has 4 aromatic rings. The first-order valence-corrected chi connectivity index (χ1v) is 14.8. The maximum Gasteiger partial charge on any atom is 0.249 e. The maximum absolute atomic E-state index is 14.4. The van der Waals surface area contributed by atoms with Crippen LogP contribution < -0.4 is 14.8 Å². The third kappa shape index (κ3) is 6.96. The predicted octanol–water partition coefficient (Wildman–Crippen LogP) is 5.41. The van der Waals surface area contributed by atoms with Crippen LogP contribution in [0.15, 0.2) is 66.7 Å². The van der Waals surface area contributed by atoms with Crippen LogP contribution in [0.3, 0.4) is 0 Å². The molecule has 3 aromatic carbocycles. The van der Waals surface area contributed by atoms with Crippen LogP contribution in [0.5, 0.6) is 11.5 Å². The van der Waals surface area contributed by atoms with Crippen LogP contribution >= 0.6 is 0 Å². The van der Waals surface area contributed by atoms with Gasteiger partial charge in [-0.15, -0.1) is 0 Å². The SMILES string of the molecule is COc1ccc(CCN(C(=O)[C@H](C)n2nc3ccccc3n2)[C@H](C(=O)NC2CCCCC2)c2ccc(F)cc2)cc1OC. The Kier molecular flexibility index (Phi) is 9.54. The summed E-state index contributed by atoms with van der Waals surface area (Å²) in [5.41, 5.74) is 2.77. The van der Waals surface area contributed by atoms with Gasteiger partial charge in [-0.05, 0) is 73.7 Å². The van der Waals surface area contributed by atoms with E-state index in [1.807, 2.05) is 42.5 Å². The van der Waals surface area contributed by atoms with Gasteiger partial charge in [0.25, 0.3) is 0 Å². The Labute approximate surface area is 251 Å². The van der Waals surface area contributed by atoms with Crippen molar-refractivity contribution in [3.8, 4) is 11.5 Å². The van der Waals surface area contributed by atoms with E-state index < -0.39 is 17.9 Å². The summed E-state index contributed by atoms with van der Waals surface area (Å²) in [5, 5.41) is 12.3. The van der Waals surface area contributed by atoms with E-state index in [0.717, 1.165) is 37.7 Å². The highest BCUT2D eigenvalue weighted by Gasteiger charge is 2.36. The van der Waals surface area contributed by atoms with E-state index in [-0.39, 0.29) is 24.4 Å². The number of benzene rings is 3. The summed E-state index contributed by atoms with van der Waals surface area (Å²) >= 11 is 0. The van der Waals surface area contributed by atoms with Gasteiger partial charge in [-0.25, -0.2) is 4.39 Å². The summed E-state index contributed by atoms with van der Waals surface area (Å²) in [6, 6.07) is 17.0. The molecule has 0 spiro atoms. The molecule has 1 aromatic heterocycles. The summed E-state index contributed by atoms with van der Waals surface area (Å²) in [4.78, 5) is 31.4. The highest BCUT2D eigenvalue weighted by atomic mass is 19.1. The number of nitrogens with zero attached hydrogens (tertiary/aromatic N) is 4. The predicted molar refractivity (Wildman–Crippen MR) is 161 cm³/mol. The fraction of sp³-hybridized carbons (Fsp3) is 0.394. The minimum absolute atomic E-state index is 0.0301. The molecule has 0 aliphatic heterocycles. The molecule has 10 heteroatoms. The van der Waals surface area contributed by atoms with Gasteiger partial charge in [0.15, 0.2) is 11.5 Å². The van der Waals surface area contributed by atoms with Crippen LogP contribution in [0.4, 0.5) is 4.39 Å². The second-order valence-corrected chi connectivity index (χ2v) is 11.0. The van der Waals surface area contributed by atoms with Crippen molar-refractivity contribution in [2.45, 2.75) is 63.6 Å². The summed E-state index contributed by atoms with van der Waals surface area (Å²) in [5.74, 6) is 0.141. The number of rotatable bonds is 11. The van der Waals surface area contributed by atoms with Crippen molar-refractivity contribution in [3.05, 3.63) is 83.7 Å². The molecule has 0 radical (unpaired) electrons. The highest BCUT2D eigenvalue weighted by Crippen LogP contribution is 2.30. The molecule has 1 saturated carbocycles. The Balaban J connectivity index is 1.51. The summed E-state index contributed by atoms with van der Waals surface area (Å²) in [6.07, 6.45) is 5.45. The van der Waals surface area contributed by atoms with Crippen LogP contribution in [-0.2, 0) is 16.0 Å². The number of aromatic nitrogens is 3. The second kappa shape index (κ2) is 13.7. The molecule has 2 amide bonds. The quantitative estimate of drug-likeness (QED) is 0.252. The van der Waals surface area contributed by atoms with Gasteiger partial charge in [-0.2, -0.15) is 15.0 Å². The lowest BCUT2D eigenvalue weighted by molar-refractivity contribution is -0.144. The second-order valence-electron chi connectivity index (χ2n) is 11.0. The number of nitrogens with one attached hydrogen (secondary N) is 1. The van der Waals surface area contributed by atoms with E-state index in [4.69, 9.17) is 9.47 Å². The van der Waals surface area contributed by atoms with Crippen LogP contribution in [0.25, 0.3) is 11.0 Å². The topological polar surface area (TPSA) is 98.6 Å². The van der Waals surface area contributed by atoms with Gasteiger partial charge in [0.05, 0.1) is 14.2 Å². The molecule has 9 nitrogen and oxygen atoms in total. The van der Waals surface area contributed by atoms with Gasteiger partial charge in [0.1, 0.15) is 28.9 Å². The van der Waals surface area contributed by atoms with E-state index in [0.29, 0.717) is 34.5 Å². The minimum atomic E-state index is -0.984. The zero-order chi connectivity index (χ0) is 30.3. The van der Waals surface area contributed by atoms with Crippen molar-refractivity contribution >= 4 is 22.8 Å². The summed E-state index contributed by atoms with van der Waals surface area (Å²) < 4.78 is 24.9. The third-order valence-corrected chi connectivity index (χ3v) is 8.08. The molecule has 0 bridgehead atoms. The molecule has 1 N–H and O–H groups in total. The number of methoxy groups -OCH3 is 2. The highest BCUT2D eigenvalue weighted by molar-refractivity contribution is 5.90. The van der Waals surface area contributed by atoms with Crippen LogP contribution in [0, 0.1) is 5.82 Å². The minimum Gasteiger partial charge on any atom is -0.493 e. The molecule has 1 aliphatic rings. The fourth-order valence-corrected chi connectivity index (χ4v) is 5.69. The van der Waals surface area contributed by atoms with Crippen molar-refractivity contribution in [2.75, 3.05) is 20.8 Å². The fourth-order valence-electron chi connectivity index (χ4n) is 5.69. The van der Waals surface area contributed by atoms with Crippen molar-refractivity contribution in [2.24, 2.45) is 0 Å². The summed E-state index contributed by atoms with van der Waals surface area (Å²) in [7, 11) is 3.14. The Morgan fingerprint density at radius 1 is 0.953 bits per heavy atom. The Bertz CT molecular complexity index is 1520. The summed E-state index contributed by atoms with van der Waals surface area (Å²) in [6.45, 7) is 1.94. The van der Waals surface area contributed by atoms with Gasteiger partial charge in [-0.1, -0.05) is 49.6 Å². The van der Waals surface area contributed by atoms with Crippen molar-refractivity contribution in [3.63, 3.8) is 0 Å². The van der Waals surface area contributed by atoms with Gasteiger partial charge < -0.3 is 19.7 Å². The van der Waals surface area contributed by atoms with E-state index in [1.165, 1.54) is 16.9 Å². The number of ether oxygens (including phenoxy) is 2. The lowest BCUT2D eigenvalue weighted by atomic mass is 9.94. The Hall–Kier alpha value is -4.47. The number of carbonyl (C=O) groups excluding carboxylic acids is 2. The molecule has 1 fully saturated rings.